The van der Waals surface area contributed by atoms with Gasteiger partial charge < -0.3 is 4.57 Å². The highest BCUT2D eigenvalue weighted by Gasteiger charge is 2.01. The van der Waals surface area contributed by atoms with Crippen molar-refractivity contribution >= 4 is 39.4 Å². The molecule has 0 atom stereocenters. The third-order valence-corrected chi connectivity index (χ3v) is 4.51. The van der Waals surface area contributed by atoms with Gasteiger partial charge in [-0.2, -0.15) is 0 Å². The Morgan fingerprint density at radius 3 is 2.59 bits per heavy atom. The first kappa shape index (κ1) is 15.1. The molecule has 0 aliphatic heterocycles. The second kappa shape index (κ2) is 6.51. The van der Waals surface area contributed by atoms with Crippen LogP contribution in [0.1, 0.15) is 11.3 Å². The Kier molecular flexibility index (Phi) is 4.46. The van der Waals surface area contributed by atoms with Crippen molar-refractivity contribution in [2.24, 2.45) is 4.99 Å². The Morgan fingerprint density at radius 2 is 1.86 bits per heavy atom. The summed E-state index contributed by atoms with van der Waals surface area (Å²) in [4.78, 5) is 4.56. The first-order valence-electron chi connectivity index (χ1n) is 6.87. The first-order chi connectivity index (χ1) is 10.6. The molecule has 0 N–H and O–H groups in total. The molecule has 4 heteroatoms. The van der Waals surface area contributed by atoms with E-state index in [-0.39, 0.29) is 0 Å². The number of nitrogens with zero attached hydrogens (tertiary/aromatic N) is 2. The molecule has 110 valence electrons. The molecule has 0 unspecified atom stereocenters. The van der Waals surface area contributed by atoms with Crippen LogP contribution in [0.3, 0.4) is 0 Å². The van der Waals surface area contributed by atoms with Crippen molar-refractivity contribution in [3.05, 3.63) is 81.5 Å². The molecule has 22 heavy (non-hydrogen) atoms. The molecule has 1 heterocycles. The number of benzene rings is 2. The van der Waals surface area contributed by atoms with E-state index in [0.717, 1.165) is 26.6 Å². The van der Waals surface area contributed by atoms with Gasteiger partial charge in [0.2, 0.25) is 0 Å². The Bertz CT molecular complexity index is 819. The fourth-order valence-corrected chi connectivity index (χ4v) is 2.56. The van der Waals surface area contributed by atoms with E-state index < -0.39 is 0 Å². The molecule has 1 aromatic heterocycles. The van der Waals surface area contributed by atoms with E-state index in [0.29, 0.717) is 0 Å². The number of hydrogen-bond donors (Lipinski definition) is 0. The Labute approximate surface area is 143 Å². The number of aryl methyl sites for hydroxylation is 1. The molecule has 0 aliphatic rings. The van der Waals surface area contributed by atoms with E-state index in [1.54, 1.807) is 0 Å². The molecule has 0 amide bonds. The minimum absolute atomic E-state index is 0.733. The second-order valence-electron chi connectivity index (χ2n) is 4.97. The van der Waals surface area contributed by atoms with Crippen LogP contribution in [-0.4, -0.2) is 10.8 Å². The van der Waals surface area contributed by atoms with Crippen LogP contribution in [0.4, 0.5) is 5.69 Å². The van der Waals surface area contributed by atoms with Crippen LogP contribution in [0.5, 0.6) is 0 Å². The molecule has 0 aliphatic carbocycles. The molecule has 0 saturated carbocycles. The maximum absolute atomic E-state index is 5.94. The molecular weight excluding hydrogens is 360 g/mol. The highest BCUT2D eigenvalue weighted by atomic mass is 79.9. The maximum Gasteiger partial charge on any atom is 0.0639 e. The van der Waals surface area contributed by atoms with Gasteiger partial charge in [-0.15, -0.1) is 0 Å². The number of halogens is 2. The lowest BCUT2D eigenvalue weighted by Crippen LogP contribution is -1.97. The van der Waals surface area contributed by atoms with Crippen LogP contribution in [0.2, 0.25) is 5.02 Å². The zero-order chi connectivity index (χ0) is 15.5. The van der Waals surface area contributed by atoms with Gasteiger partial charge in [0.05, 0.1) is 17.6 Å². The minimum atomic E-state index is 0.733. The summed E-state index contributed by atoms with van der Waals surface area (Å²) in [7, 11) is 0. The van der Waals surface area contributed by atoms with E-state index in [9.17, 15) is 0 Å². The Balaban J connectivity index is 1.90. The van der Waals surface area contributed by atoms with Crippen molar-refractivity contribution < 1.29 is 0 Å². The average molecular weight is 374 g/mol. The monoisotopic (exact) mass is 372 g/mol. The summed E-state index contributed by atoms with van der Waals surface area (Å²) in [5.41, 5.74) is 4.18. The molecule has 0 radical (unpaired) electrons. The van der Waals surface area contributed by atoms with Crippen molar-refractivity contribution in [3.8, 4) is 5.69 Å². The van der Waals surface area contributed by atoms with Gasteiger partial charge in [0.1, 0.15) is 0 Å². The lowest BCUT2D eigenvalue weighted by Gasteiger charge is -2.06. The molecule has 0 spiro atoms. The third-order valence-electron chi connectivity index (χ3n) is 3.37. The molecule has 3 rings (SSSR count). The van der Waals surface area contributed by atoms with Gasteiger partial charge in [-0.3, -0.25) is 4.99 Å². The summed E-state index contributed by atoms with van der Waals surface area (Å²) in [6, 6.07) is 17.8. The van der Waals surface area contributed by atoms with Crippen LogP contribution in [-0.2, 0) is 0 Å². The van der Waals surface area contributed by atoms with Crippen molar-refractivity contribution in [1.29, 1.82) is 0 Å². The summed E-state index contributed by atoms with van der Waals surface area (Å²) in [6.45, 7) is 2.06. The highest BCUT2D eigenvalue weighted by Crippen LogP contribution is 2.22. The van der Waals surface area contributed by atoms with Crippen molar-refractivity contribution in [2.75, 3.05) is 0 Å². The van der Waals surface area contributed by atoms with Crippen molar-refractivity contribution in [3.63, 3.8) is 0 Å². The summed E-state index contributed by atoms with van der Waals surface area (Å²) in [5.74, 6) is 0. The van der Waals surface area contributed by atoms with E-state index >= 15 is 0 Å². The summed E-state index contributed by atoms with van der Waals surface area (Å²) < 4.78 is 3.17. The Hall–Kier alpha value is -1.84. The van der Waals surface area contributed by atoms with E-state index in [4.69, 9.17) is 11.6 Å². The van der Waals surface area contributed by atoms with Crippen LogP contribution < -0.4 is 0 Å². The van der Waals surface area contributed by atoms with E-state index in [1.165, 1.54) is 5.56 Å². The van der Waals surface area contributed by atoms with Gasteiger partial charge in [0.15, 0.2) is 0 Å². The lowest BCUT2D eigenvalue weighted by atomic mass is 10.2. The van der Waals surface area contributed by atoms with Gasteiger partial charge in [-0.1, -0.05) is 27.5 Å². The quantitative estimate of drug-likeness (QED) is 0.505. The number of aliphatic imine (C=N–C) groups is 1. The normalized spacial score (nSPS) is 11.2. The molecule has 0 saturated heterocycles. The predicted octanol–water partition coefficient (Wildman–Crippen LogP) is 5.95. The molecule has 3 aromatic rings. The topological polar surface area (TPSA) is 17.3 Å². The Morgan fingerprint density at radius 1 is 1.09 bits per heavy atom. The van der Waals surface area contributed by atoms with Gasteiger partial charge >= 0.3 is 0 Å². The molecule has 0 bridgehead atoms. The van der Waals surface area contributed by atoms with Gasteiger partial charge in [-0.05, 0) is 67.1 Å². The lowest BCUT2D eigenvalue weighted by molar-refractivity contribution is 1.07. The molecule has 0 fully saturated rings. The van der Waals surface area contributed by atoms with E-state index in [1.807, 2.05) is 60.9 Å². The van der Waals surface area contributed by atoms with Gasteiger partial charge in [-0.25, -0.2) is 0 Å². The van der Waals surface area contributed by atoms with Crippen molar-refractivity contribution in [2.45, 2.75) is 6.92 Å². The van der Waals surface area contributed by atoms with Crippen molar-refractivity contribution in [1.82, 2.24) is 4.57 Å². The summed E-state index contributed by atoms with van der Waals surface area (Å²) >= 11 is 9.44. The predicted molar refractivity (Wildman–Crippen MR) is 96.9 cm³/mol. The average Bonchev–Trinajstić information content (AvgIpc) is 2.98. The van der Waals surface area contributed by atoms with E-state index in [2.05, 4.69) is 38.5 Å². The molecule has 2 aromatic carbocycles. The largest absolute Gasteiger partial charge is 0.316 e. The molecular formula is C18H14BrClN2. The van der Waals surface area contributed by atoms with Crippen LogP contribution in [0.15, 0.2) is 70.3 Å². The zero-order valence-corrected chi connectivity index (χ0v) is 14.3. The van der Waals surface area contributed by atoms with Crippen LogP contribution in [0, 0.1) is 6.92 Å². The summed E-state index contributed by atoms with van der Waals surface area (Å²) in [6.07, 6.45) is 3.88. The maximum atomic E-state index is 5.94. The smallest absolute Gasteiger partial charge is 0.0639 e. The van der Waals surface area contributed by atoms with Crippen LogP contribution >= 0.6 is 27.5 Å². The fraction of sp³-hybridized carbons (Fsp3) is 0.0556. The third kappa shape index (κ3) is 3.32. The number of rotatable bonds is 3. The number of aromatic nitrogens is 1. The number of hydrogen-bond acceptors (Lipinski definition) is 1. The zero-order valence-electron chi connectivity index (χ0n) is 12.0. The van der Waals surface area contributed by atoms with Gasteiger partial charge in [0, 0.05) is 21.4 Å². The fourth-order valence-electron chi connectivity index (χ4n) is 2.19. The molecule has 2 nitrogen and oxygen atoms in total. The van der Waals surface area contributed by atoms with Gasteiger partial charge in [0.25, 0.3) is 0 Å². The highest BCUT2D eigenvalue weighted by molar-refractivity contribution is 9.10. The standard InChI is InChI=1S/C18H14BrClN2/c1-13-11-15(6-9-18(13)19)21-12-17-3-2-10-22(17)16-7-4-14(20)5-8-16/h2-12H,1H3. The first-order valence-corrected chi connectivity index (χ1v) is 8.04. The van der Waals surface area contributed by atoms with Crippen LogP contribution in [0.25, 0.3) is 5.69 Å². The SMILES string of the molecule is Cc1cc(N=Cc2cccn2-c2ccc(Cl)cc2)ccc1Br. The minimum Gasteiger partial charge on any atom is -0.316 e. The summed E-state index contributed by atoms with van der Waals surface area (Å²) in [5, 5.41) is 0.733. The second-order valence-corrected chi connectivity index (χ2v) is 6.26.